The number of rotatable bonds is 9. The number of nitrogens with zero attached hydrogens (tertiary/aromatic N) is 2. The Morgan fingerprint density at radius 2 is 0.784 bits per heavy atom. The van der Waals surface area contributed by atoms with Crippen molar-refractivity contribution in [2.45, 2.75) is 19.3 Å². The summed E-state index contributed by atoms with van der Waals surface area (Å²) in [6, 6.07) is 67.8. The highest BCUT2D eigenvalue weighted by Crippen LogP contribution is 2.58. The Morgan fingerprint density at radius 1 is 0.431 bits per heavy atom. The minimum Gasteiger partial charge on any atom is -0.310 e. The van der Waals surface area contributed by atoms with Gasteiger partial charge in [0.25, 0.3) is 0 Å². The lowest BCUT2D eigenvalue weighted by Crippen LogP contribution is -2.29. The van der Waals surface area contributed by atoms with Gasteiger partial charge in [0.15, 0.2) is 0 Å². The van der Waals surface area contributed by atoms with E-state index < -0.39 is 5.41 Å². The zero-order chi connectivity index (χ0) is 34.6. The number of benzene rings is 7. The predicted molar refractivity (Wildman–Crippen MR) is 216 cm³/mol. The van der Waals surface area contributed by atoms with E-state index in [1.807, 2.05) is 0 Å². The van der Waals surface area contributed by atoms with Gasteiger partial charge in [-0.2, -0.15) is 0 Å². The van der Waals surface area contributed by atoms with Crippen LogP contribution in [0, 0.1) is 0 Å². The van der Waals surface area contributed by atoms with Gasteiger partial charge in [0, 0.05) is 34.1 Å². The molecule has 0 radical (unpaired) electrons. The van der Waals surface area contributed by atoms with Crippen molar-refractivity contribution in [2.75, 3.05) is 9.80 Å². The van der Waals surface area contributed by atoms with Gasteiger partial charge in [-0.15, -0.1) is 0 Å². The van der Waals surface area contributed by atoms with E-state index in [2.05, 4.69) is 230 Å². The second-order valence-corrected chi connectivity index (χ2v) is 13.0. The Hall–Kier alpha value is -6.38. The minimum absolute atomic E-state index is 0.546. The number of fused-ring (bicyclic) bond motifs is 3. The molecular formula is C49H40N2. The van der Waals surface area contributed by atoms with Crippen LogP contribution in [0.2, 0.25) is 0 Å². The van der Waals surface area contributed by atoms with Gasteiger partial charge in [0.05, 0.1) is 5.41 Å². The molecule has 0 N–H and O–H groups in total. The number of hydrogen-bond donors (Lipinski definition) is 0. The molecule has 0 saturated carbocycles. The van der Waals surface area contributed by atoms with Crippen molar-refractivity contribution in [1.29, 1.82) is 0 Å². The fourth-order valence-electron chi connectivity index (χ4n) is 7.80. The molecule has 0 atom stereocenters. The van der Waals surface area contributed by atoms with Crippen LogP contribution in [-0.2, 0) is 5.41 Å². The zero-order valence-corrected chi connectivity index (χ0v) is 29.0. The van der Waals surface area contributed by atoms with Crippen LogP contribution >= 0.6 is 0 Å². The molecule has 1 aliphatic carbocycles. The smallest absolute Gasteiger partial charge is 0.0675 e. The third-order valence-corrected chi connectivity index (χ3v) is 10.0. The maximum atomic E-state index is 2.43. The van der Waals surface area contributed by atoms with Gasteiger partial charge < -0.3 is 9.80 Å². The highest BCUT2D eigenvalue weighted by molar-refractivity contribution is 5.91. The second kappa shape index (κ2) is 13.9. The van der Waals surface area contributed by atoms with Crippen molar-refractivity contribution in [3.63, 3.8) is 0 Å². The lowest BCUT2D eigenvalue weighted by molar-refractivity contribution is 0.746. The average Bonchev–Trinajstić information content (AvgIpc) is 3.49. The third kappa shape index (κ3) is 5.65. The zero-order valence-electron chi connectivity index (χ0n) is 29.0. The molecule has 0 heterocycles. The summed E-state index contributed by atoms with van der Waals surface area (Å²) in [6.45, 7) is 4.38. The van der Waals surface area contributed by atoms with Gasteiger partial charge in [-0.3, -0.25) is 0 Å². The Labute approximate surface area is 301 Å². The molecule has 7 aromatic carbocycles. The van der Waals surface area contributed by atoms with E-state index in [1.54, 1.807) is 0 Å². The van der Waals surface area contributed by atoms with Gasteiger partial charge in [0.2, 0.25) is 0 Å². The maximum Gasteiger partial charge on any atom is 0.0675 e. The van der Waals surface area contributed by atoms with E-state index in [-0.39, 0.29) is 0 Å². The van der Waals surface area contributed by atoms with E-state index in [9.17, 15) is 0 Å². The molecule has 0 unspecified atom stereocenters. The molecule has 51 heavy (non-hydrogen) atoms. The topological polar surface area (TPSA) is 6.48 Å². The number of hydrogen-bond acceptors (Lipinski definition) is 2. The van der Waals surface area contributed by atoms with Crippen LogP contribution in [0.25, 0.3) is 11.1 Å². The van der Waals surface area contributed by atoms with Gasteiger partial charge in [-0.05, 0) is 114 Å². The summed E-state index contributed by atoms with van der Waals surface area (Å²) in [6.07, 6.45) is 6.58. The largest absolute Gasteiger partial charge is 0.310 e. The molecule has 0 spiro atoms. The quantitative estimate of drug-likeness (QED) is 0.143. The SMILES string of the molecule is C/C=C\C=C(/C)C1(c2ccccc2)c2cc(N(c3ccccc3)c3ccccc3)ccc2-c2ccc(N(c3ccccc3)c3ccccc3)cc21. The first-order chi connectivity index (χ1) is 25.2. The molecule has 7 aromatic rings. The fraction of sp³-hybridized carbons (Fsp3) is 0.0612. The van der Waals surface area contributed by atoms with E-state index in [1.165, 1.54) is 33.4 Å². The molecule has 2 nitrogen and oxygen atoms in total. The summed E-state index contributed by atoms with van der Waals surface area (Å²) in [4.78, 5) is 4.73. The molecule has 0 aliphatic heterocycles. The first kappa shape index (κ1) is 31.9. The van der Waals surface area contributed by atoms with Crippen LogP contribution in [0.5, 0.6) is 0 Å². The summed E-state index contributed by atoms with van der Waals surface area (Å²) >= 11 is 0. The summed E-state index contributed by atoms with van der Waals surface area (Å²) in [5, 5.41) is 0. The van der Waals surface area contributed by atoms with E-state index in [4.69, 9.17) is 0 Å². The monoisotopic (exact) mass is 656 g/mol. The number of allylic oxidation sites excluding steroid dienone is 4. The first-order valence-electron chi connectivity index (χ1n) is 17.7. The van der Waals surface area contributed by atoms with Crippen molar-refractivity contribution in [1.82, 2.24) is 0 Å². The predicted octanol–water partition coefficient (Wildman–Crippen LogP) is 13.5. The normalized spacial score (nSPS) is 13.1. The van der Waals surface area contributed by atoms with Gasteiger partial charge >= 0.3 is 0 Å². The van der Waals surface area contributed by atoms with E-state index >= 15 is 0 Å². The number of anilines is 6. The lowest BCUT2D eigenvalue weighted by Gasteiger charge is -2.36. The van der Waals surface area contributed by atoms with Crippen LogP contribution in [0.15, 0.2) is 212 Å². The average molecular weight is 657 g/mol. The van der Waals surface area contributed by atoms with Crippen molar-refractivity contribution in [3.8, 4) is 11.1 Å². The Bertz CT molecular complexity index is 2100. The molecule has 1 aliphatic rings. The van der Waals surface area contributed by atoms with Crippen LogP contribution in [0.1, 0.15) is 30.5 Å². The van der Waals surface area contributed by atoms with Gasteiger partial charge in [-0.25, -0.2) is 0 Å². The standard InChI is InChI=1S/C49H40N2/c1-3-4-20-37(2)49(38-21-10-5-11-22-38)47-35-43(50(39-23-12-6-13-24-39)40-25-14-7-15-26-40)31-33-45(47)46-34-32-44(36-48(46)49)51(41-27-16-8-17-28-41)42-29-18-9-19-30-42/h3-36H,1-2H3/b4-3-,37-20+. The minimum atomic E-state index is -0.546. The van der Waals surface area contributed by atoms with Gasteiger partial charge in [-0.1, -0.05) is 139 Å². The molecular weight excluding hydrogens is 617 g/mol. The second-order valence-electron chi connectivity index (χ2n) is 13.0. The molecule has 0 aromatic heterocycles. The van der Waals surface area contributed by atoms with Gasteiger partial charge in [0.1, 0.15) is 0 Å². The maximum absolute atomic E-state index is 2.43. The van der Waals surface area contributed by atoms with Crippen molar-refractivity contribution in [2.24, 2.45) is 0 Å². The summed E-state index contributed by atoms with van der Waals surface area (Å²) < 4.78 is 0. The third-order valence-electron chi connectivity index (χ3n) is 10.0. The molecule has 8 rings (SSSR count). The van der Waals surface area contributed by atoms with Crippen molar-refractivity contribution in [3.05, 3.63) is 229 Å². The number of para-hydroxylation sites is 4. The van der Waals surface area contributed by atoms with Crippen LogP contribution in [0.3, 0.4) is 0 Å². The first-order valence-corrected chi connectivity index (χ1v) is 17.7. The molecule has 0 amide bonds. The van der Waals surface area contributed by atoms with Crippen LogP contribution in [-0.4, -0.2) is 0 Å². The summed E-state index contributed by atoms with van der Waals surface area (Å²) in [5.74, 6) is 0. The fourth-order valence-corrected chi connectivity index (χ4v) is 7.80. The van der Waals surface area contributed by atoms with Crippen molar-refractivity contribution >= 4 is 34.1 Å². The van der Waals surface area contributed by atoms with E-state index in [0.717, 1.165) is 34.1 Å². The Balaban J connectivity index is 1.42. The lowest BCUT2D eigenvalue weighted by atomic mass is 9.67. The van der Waals surface area contributed by atoms with E-state index in [0.29, 0.717) is 0 Å². The molecule has 0 fully saturated rings. The highest BCUT2D eigenvalue weighted by Gasteiger charge is 2.46. The van der Waals surface area contributed by atoms with Crippen LogP contribution in [0.4, 0.5) is 34.1 Å². The summed E-state index contributed by atoms with van der Waals surface area (Å²) in [5.41, 5.74) is 13.7. The molecule has 0 saturated heterocycles. The summed E-state index contributed by atoms with van der Waals surface area (Å²) in [7, 11) is 0. The Morgan fingerprint density at radius 3 is 1.14 bits per heavy atom. The Kier molecular flexibility index (Phi) is 8.66. The molecule has 0 bridgehead atoms. The highest BCUT2D eigenvalue weighted by atomic mass is 15.1. The van der Waals surface area contributed by atoms with Crippen molar-refractivity contribution < 1.29 is 0 Å². The molecule has 2 heteroatoms. The van der Waals surface area contributed by atoms with Crippen LogP contribution < -0.4 is 9.80 Å². The molecule has 246 valence electrons.